The number of rotatable bonds is 4. The highest BCUT2D eigenvalue weighted by Gasteiger charge is 2.51. The third kappa shape index (κ3) is 3.59. The lowest BCUT2D eigenvalue weighted by molar-refractivity contribution is 0.00578. The molecule has 1 saturated heterocycles. The van der Waals surface area contributed by atoms with Gasteiger partial charge in [0.1, 0.15) is 6.67 Å². The molecule has 1 heterocycles. The molecule has 2 rings (SSSR count). The molecule has 0 bridgehead atoms. The van der Waals surface area contributed by atoms with Gasteiger partial charge in [-0.1, -0.05) is 12.1 Å². The fourth-order valence-electron chi connectivity index (χ4n) is 2.08. The Bertz CT molecular complexity index is 535. The Balaban J connectivity index is 2.08. The molecule has 0 saturated carbocycles. The Labute approximate surface area is 130 Å². The number of hydrogen-bond acceptors (Lipinski definition) is 3. The minimum Gasteiger partial charge on any atom is -0.399 e. The molecular formula is C15H22BFN2O3. The Morgan fingerprint density at radius 2 is 1.86 bits per heavy atom. The van der Waals surface area contributed by atoms with Crippen LogP contribution in [0.4, 0.5) is 14.9 Å². The summed E-state index contributed by atoms with van der Waals surface area (Å²) in [5.41, 5.74) is 0.588. The first-order valence-electron chi connectivity index (χ1n) is 7.31. The number of alkyl halides is 1. The number of carbonyl (C=O) groups excluding carboxylic acids is 1. The Morgan fingerprint density at radius 1 is 1.23 bits per heavy atom. The number of urea groups is 1. The van der Waals surface area contributed by atoms with Gasteiger partial charge in [-0.3, -0.25) is 0 Å². The molecule has 0 atom stereocenters. The maximum atomic E-state index is 12.0. The molecular weight excluding hydrogens is 286 g/mol. The third-order valence-electron chi connectivity index (χ3n) is 4.05. The maximum Gasteiger partial charge on any atom is 0.494 e. The predicted octanol–water partition coefficient (Wildman–Crippen LogP) is 2.08. The van der Waals surface area contributed by atoms with E-state index in [9.17, 15) is 9.18 Å². The van der Waals surface area contributed by atoms with Gasteiger partial charge in [-0.25, -0.2) is 9.18 Å². The summed E-state index contributed by atoms with van der Waals surface area (Å²) < 4.78 is 24.0. The fourth-order valence-corrected chi connectivity index (χ4v) is 2.08. The number of carbonyl (C=O) groups is 1. The molecule has 1 aromatic carbocycles. The van der Waals surface area contributed by atoms with Gasteiger partial charge in [0.2, 0.25) is 0 Å². The molecule has 22 heavy (non-hydrogen) atoms. The van der Waals surface area contributed by atoms with Crippen LogP contribution in [-0.4, -0.2) is 37.6 Å². The predicted molar refractivity (Wildman–Crippen MR) is 85.2 cm³/mol. The first-order chi connectivity index (χ1) is 10.2. The van der Waals surface area contributed by atoms with Crippen LogP contribution in [0.5, 0.6) is 0 Å². The number of halogens is 1. The van der Waals surface area contributed by atoms with E-state index < -0.39 is 31.0 Å². The van der Waals surface area contributed by atoms with E-state index in [1.54, 1.807) is 12.1 Å². The van der Waals surface area contributed by atoms with Crippen LogP contribution in [0.2, 0.25) is 0 Å². The van der Waals surface area contributed by atoms with Crippen molar-refractivity contribution < 1.29 is 18.5 Å². The van der Waals surface area contributed by atoms with Gasteiger partial charge in [0.25, 0.3) is 0 Å². The molecule has 1 aromatic rings. The molecule has 0 unspecified atom stereocenters. The fraction of sp³-hybridized carbons (Fsp3) is 0.533. The molecule has 1 fully saturated rings. The number of hydrogen-bond donors (Lipinski definition) is 2. The highest BCUT2D eigenvalue weighted by molar-refractivity contribution is 6.62. The van der Waals surface area contributed by atoms with E-state index in [-0.39, 0.29) is 6.54 Å². The van der Waals surface area contributed by atoms with E-state index in [2.05, 4.69) is 10.6 Å². The summed E-state index contributed by atoms with van der Waals surface area (Å²) in [4.78, 5) is 11.6. The van der Waals surface area contributed by atoms with Gasteiger partial charge in [0.05, 0.1) is 11.2 Å². The summed E-state index contributed by atoms with van der Waals surface area (Å²) in [6, 6.07) is 6.79. The highest BCUT2D eigenvalue weighted by Crippen LogP contribution is 2.36. The molecule has 1 aliphatic rings. The molecule has 0 spiro atoms. The van der Waals surface area contributed by atoms with Crippen molar-refractivity contribution in [1.29, 1.82) is 0 Å². The van der Waals surface area contributed by atoms with Gasteiger partial charge in [-0.05, 0) is 45.3 Å². The van der Waals surface area contributed by atoms with Crippen LogP contribution in [0.25, 0.3) is 0 Å². The number of benzene rings is 1. The second-order valence-electron chi connectivity index (χ2n) is 6.28. The standard InChI is InChI=1S/C15H22BFN2O3/c1-14(2)15(3,4)22-16(21-14)11-6-5-7-12(10-11)19-13(20)18-9-8-17/h5-7,10H,8-9H2,1-4H3,(H2,18,19,20). The van der Waals surface area contributed by atoms with Crippen LogP contribution in [0.15, 0.2) is 24.3 Å². The van der Waals surface area contributed by atoms with Crippen molar-refractivity contribution in [2.45, 2.75) is 38.9 Å². The van der Waals surface area contributed by atoms with Crippen molar-refractivity contribution >= 4 is 24.3 Å². The van der Waals surface area contributed by atoms with E-state index >= 15 is 0 Å². The van der Waals surface area contributed by atoms with Gasteiger partial charge in [0.15, 0.2) is 0 Å². The number of nitrogens with one attached hydrogen (secondary N) is 2. The summed E-state index contributed by atoms with van der Waals surface area (Å²) in [6.07, 6.45) is 0. The van der Waals surface area contributed by atoms with Gasteiger partial charge in [0, 0.05) is 12.2 Å². The van der Waals surface area contributed by atoms with Crippen molar-refractivity contribution in [2.75, 3.05) is 18.5 Å². The lowest BCUT2D eigenvalue weighted by atomic mass is 9.79. The topological polar surface area (TPSA) is 59.6 Å². The molecule has 2 amide bonds. The molecule has 5 nitrogen and oxygen atoms in total. The van der Waals surface area contributed by atoms with Crippen molar-refractivity contribution in [2.24, 2.45) is 0 Å². The first kappa shape index (κ1) is 16.8. The molecule has 2 N–H and O–H groups in total. The Hall–Kier alpha value is -1.60. The van der Waals surface area contributed by atoms with Gasteiger partial charge in [-0.2, -0.15) is 0 Å². The highest BCUT2D eigenvalue weighted by atomic mass is 19.1. The van der Waals surface area contributed by atoms with Gasteiger partial charge in [-0.15, -0.1) is 0 Å². The Kier molecular flexibility index (Phi) is 4.77. The molecule has 0 aliphatic carbocycles. The maximum absolute atomic E-state index is 12.0. The average molecular weight is 308 g/mol. The van der Waals surface area contributed by atoms with Crippen molar-refractivity contribution in [1.82, 2.24) is 5.32 Å². The summed E-state index contributed by atoms with van der Waals surface area (Å²) >= 11 is 0. The van der Waals surface area contributed by atoms with Gasteiger partial charge < -0.3 is 19.9 Å². The average Bonchev–Trinajstić information content (AvgIpc) is 2.65. The summed E-state index contributed by atoms with van der Waals surface area (Å²) in [6.45, 7) is 7.34. The zero-order valence-corrected chi connectivity index (χ0v) is 13.4. The molecule has 7 heteroatoms. The first-order valence-corrected chi connectivity index (χ1v) is 7.31. The molecule has 1 aliphatic heterocycles. The van der Waals surface area contributed by atoms with Crippen LogP contribution in [-0.2, 0) is 9.31 Å². The van der Waals surface area contributed by atoms with Crippen LogP contribution < -0.4 is 16.1 Å². The smallest absolute Gasteiger partial charge is 0.399 e. The zero-order chi connectivity index (χ0) is 16.4. The third-order valence-corrected chi connectivity index (χ3v) is 4.05. The van der Waals surface area contributed by atoms with Crippen LogP contribution in [0.1, 0.15) is 27.7 Å². The lowest BCUT2D eigenvalue weighted by Gasteiger charge is -2.32. The molecule has 120 valence electrons. The van der Waals surface area contributed by atoms with Gasteiger partial charge >= 0.3 is 13.1 Å². The largest absolute Gasteiger partial charge is 0.494 e. The quantitative estimate of drug-likeness (QED) is 0.837. The second-order valence-corrected chi connectivity index (χ2v) is 6.28. The Morgan fingerprint density at radius 3 is 2.45 bits per heavy atom. The number of amides is 2. The zero-order valence-electron chi connectivity index (χ0n) is 13.4. The van der Waals surface area contributed by atoms with E-state index in [0.717, 1.165) is 5.46 Å². The van der Waals surface area contributed by atoms with E-state index in [1.165, 1.54) is 0 Å². The summed E-state index contributed by atoms with van der Waals surface area (Å²) in [5, 5.41) is 5.06. The number of anilines is 1. The SMILES string of the molecule is CC1(C)OB(c2cccc(NC(=O)NCCF)c2)OC1(C)C. The normalized spacial score (nSPS) is 19.0. The van der Waals surface area contributed by atoms with Crippen LogP contribution in [0.3, 0.4) is 0 Å². The monoisotopic (exact) mass is 308 g/mol. The van der Waals surface area contributed by atoms with Crippen molar-refractivity contribution in [3.63, 3.8) is 0 Å². The van der Waals surface area contributed by atoms with Crippen molar-refractivity contribution in [3.8, 4) is 0 Å². The lowest BCUT2D eigenvalue weighted by Crippen LogP contribution is -2.41. The second kappa shape index (κ2) is 6.26. The summed E-state index contributed by atoms with van der Waals surface area (Å²) in [5.74, 6) is 0. The van der Waals surface area contributed by atoms with E-state index in [4.69, 9.17) is 9.31 Å². The van der Waals surface area contributed by atoms with Crippen LogP contribution in [0, 0.1) is 0 Å². The summed E-state index contributed by atoms with van der Waals surface area (Å²) in [7, 11) is -0.486. The van der Waals surface area contributed by atoms with Crippen molar-refractivity contribution in [3.05, 3.63) is 24.3 Å². The molecule has 0 aromatic heterocycles. The molecule has 0 radical (unpaired) electrons. The van der Waals surface area contributed by atoms with E-state index in [0.29, 0.717) is 5.69 Å². The minimum absolute atomic E-state index is 0.0112. The van der Waals surface area contributed by atoms with E-state index in [1.807, 2.05) is 39.8 Å². The van der Waals surface area contributed by atoms with Crippen LogP contribution >= 0.6 is 0 Å². The minimum atomic E-state index is -0.596.